The molecule has 5 rings (SSSR count). The number of benzene rings is 1. The van der Waals surface area contributed by atoms with Crippen molar-refractivity contribution in [1.29, 1.82) is 0 Å². The molecular formula is C22H30N4O. The Morgan fingerprint density at radius 1 is 1.07 bits per heavy atom. The van der Waals surface area contributed by atoms with E-state index in [2.05, 4.69) is 52.1 Å². The van der Waals surface area contributed by atoms with E-state index in [1.54, 1.807) is 0 Å². The van der Waals surface area contributed by atoms with Gasteiger partial charge in [-0.1, -0.05) is 43.2 Å². The predicted octanol–water partition coefficient (Wildman–Crippen LogP) is 3.48. The number of nitrogens with one attached hydrogen (secondary N) is 2. The third-order valence-corrected chi connectivity index (χ3v) is 6.71. The minimum absolute atomic E-state index is 0.458. The lowest BCUT2D eigenvalue weighted by Crippen LogP contribution is -2.33. The molecule has 3 aliphatic rings. The Hall–Kier alpha value is -1.69. The number of ether oxygens (including phenoxy) is 1. The maximum Gasteiger partial charge on any atom is 0.0956 e. The molecule has 0 amide bonds. The minimum Gasteiger partial charge on any atom is -0.381 e. The van der Waals surface area contributed by atoms with Crippen LogP contribution in [0.2, 0.25) is 0 Å². The zero-order chi connectivity index (χ0) is 18.1. The molecule has 1 aliphatic carbocycles. The second-order valence-electron chi connectivity index (χ2n) is 8.34. The molecule has 3 fully saturated rings. The number of aryl methyl sites for hydroxylation is 1. The fourth-order valence-corrected chi connectivity index (χ4v) is 5.27. The van der Waals surface area contributed by atoms with Crippen molar-refractivity contribution < 1.29 is 4.74 Å². The van der Waals surface area contributed by atoms with Gasteiger partial charge >= 0.3 is 0 Å². The Labute approximate surface area is 161 Å². The van der Waals surface area contributed by atoms with Gasteiger partial charge in [0.2, 0.25) is 0 Å². The molecule has 2 saturated heterocycles. The van der Waals surface area contributed by atoms with Crippen LogP contribution >= 0.6 is 0 Å². The van der Waals surface area contributed by atoms with Crippen LogP contribution in [0.15, 0.2) is 36.7 Å². The van der Waals surface area contributed by atoms with Gasteiger partial charge in [0.05, 0.1) is 24.3 Å². The first-order valence-electron chi connectivity index (χ1n) is 10.6. The van der Waals surface area contributed by atoms with Crippen molar-refractivity contribution >= 4 is 0 Å². The first-order chi connectivity index (χ1) is 13.4. The second-order valence-corrected chi connectivity index (χ2v) is 8.34. The average molecular weight is 367 g/mol. The van der Waals surface area contributed by atoms with Crippen LogP contribution in [0.5, 0.6) is 0 Å². The summed E-state index contributed by atoms with van der Waals surface area (Å²) in [6, 6.07) is 11.8. The van der Waals surface area contributed by atoms with Crippen LogP contribution < -0.4 is 10.9 Å². The van der Waals surface area contributed by atoms with Crippen LogP contribution in [-0.2, 0) is 11.3 Å². The van der Waals surface area contributed by atoms with Crippen molar-refractivity contribution in [2.45, 2.75) is 63.1 Å². The Bertz CT molecular complexity index is 753. The monoisotopic (exact) mass is 366 g/mol. The second kappa shape index (κ2) is 7.74. The van der Waals surface area contributed by atoms with Gasteiger partial charge in [0.15, 0.2) is 0 Å². The van der Waals surface area contributed by atoms with E-state index < -0.39 is 0 Å². The highest BCUT2D eigenvalue weighted by Crippen LogP contribution is 2.35. The lowest BCUT2D eigenvalue weighted by molar-refractivity contribution is 0.193. The first kappa shape index (κ1) is 17.4. The molecule has 144 valence electrons. The fourth-order valence-electron chi connectivity index (χ4n) is 5.27. The maximum absolute atomic E-state index is 5.71. The average Bonchev–Trinajstić information content (AvgIpc) is 3.46. The number of hydrogen-bond acceptors (Lipinski definition) is 4. The van der Waals surface area contributed by atoms with E-state index in [0.717, 1.165) is 44.2 Å². The summed E-state index contributed by atoms with van der Waals surface area (Å²) in [6.45, 7) is 2.70. The highest BCUT2D eigenvalue weighted by Gasteiger charge is 2.37. The van der Waals surface area contributed by atoms with Crippen LogP contribution in [-0.4, -0.2) is 34.8 Å². The highest BCUT2D eigenvalue weighted by molar-refractivity contribution is 5.62. The number of fused-ring (bicyclic) bond motifs is 1. The van der Waals surface area contributed by atoms with Crippen LogP contribution in [0.1, 0.15) is 50.1 Å². The van der Waals surface area contributed by atoms with E-state index in [0.29, 0.717) is 18.0 Å². The standard InChI is InChI=1S/C22H30N4O/c1-2-6-16(7-3-1)21-22(17-11-13-27-14-17)26(15-23-21)12-10-20-18-8-4-5-9-19(18)24-25-20/h1-3,6-7,15,17-20,24-25H,4-5,8-14H2. The number of nitrogens with zero attached hydrogens (tertiary/aromatic N) is 2. The Balaban J connectivity index is 1.37. The normalized spacial score (nSPS) is 30.5. The third-order valence-electron chi connectivity index (χ3n) is 6.71. The molecule has 5 heteroatoms. The van der Waals surface area contributed by atoms with Gasteiger partial charge in [-0.25, -0.2) is 4.98 Å². The van der Waals surface area contributed by atoms with E-state index in [1.165, 1.54) is 36.9 Å². The smallest absolute Gasteiger partial charge is 0.0956 e. The van der Waals surface area contributed by atoms with Gasteiger partial charge in [0.1, 0.15) is 0 Å². The molecule has 0 radical (unpaired) electrons. The van der Waals surface area contributed by atoms with Gasteiger partial charge in [0.25, 0.3) is 0 Å². The quantitative estimate of drug-likeness (QED) is 0.851. The van der Waals surface area contributed by atoms with Gasteiger partial charge < -0.3 is 9.30 Å². The number of imidazole rings is 1. The SMILES string of the molecule is c1ccc(-c2ncn(CCC3NNC4CCCCC43)c2C2CCOC2)cc1. The van der Waals surface area contributed by atoms with Crippen LogP contribution in [0.4, 0.5) is 0 Å². The van der Waals surface area contributed by atoms with Crippen molar-refractivity contribution in [2.75, 3.05) is 13.2 Å². The van der Waals surface area contributed by atoms with Crippen molar-refractivity contribution in [2.24, 2.45) is 5.92 Å². The summed E-state index contributed by atoms with van der Waals surface area (Å²) < 4.78 is 8.11. The van der Waals surface area contributed by atoms with Crippen molar-refractivity contribution in [1.82, 2.24) is 20.4 Å². The van der Waals surface area contributed by atoms with Crippen LogP contribution in [0, 0.1) is 5.92 Å². The first-order valence-corrected chi connectivity index (χ1v) is 10.6. The highest BCUT2D eigenvalue weighted by atomic mass is 16.5. The van der Waals surface area contributed by atoms with Crippen molar-refractivity contribution in [3.63, 3.8) is 0 Å². The van der Waals surface area contributed by atoms with Crippen LogP contribution in [0.25, 0.3) is 11.3 Å². The summed E-state index contributed by atoms with van der Waals surface area (Å²) in [7, 11) is 0. The number of rotatable bonds is 5. The summed E-state index contributed by atoms with van der Waals surface area (Å²) in [6.07, 6.45) is 9.74. The molecule has 0 spiro atoms. The van der Waals surface area contributed by atoms with E-state index >= 15 is 0 Å². The molecule has 1 saturated carbocycles. The van der Waals surface area contributed by atoms with E-state index in [4.69, 9.17) is 9.72 Å². The molecule has 1 aromatic heterocycles. The topological polar surface area (TPSA) is 51.1 Å². The van der Waals surface area contributed by atoms with E-state index in [-0.39, 0.29) is 0 Å². The molecule has 2 aromatic rings. The van der Waals surface area contributed by atoms with Gasteiger partial charge in [-0.05, 0) is 31.6 Å². The number of aromatic nitrogens is 2. The predicted molar refractivity (Wildman–Crippen MR) is 106 cm³/mol. The minimum atomic E-state index is 0.458. The Morgan fingerprint density at radius 2 is 1.96 bits per heavy atom. The summed E-state index contributed by atoms with van der Waals surface area (Å²) in [5.41, 5.74) is 10.9. The van der Waals surface area contributed by atoms with Gasteiger partial charge in [-0.2, -0.15) is 0 Å². The summed E-state index contributed by atoms with van der Waals surface area (Å²) >= 11 is 0. The maximum atomic E-state index is 5.71. The van der Waals surface area contributed by atoms with Gasteiger partial charge in [0, 0.05) is 36.7 Å². The third kappa shape index (κ3) is 3.44. The summed E-state index contributed by atoms with van der Waals surface area (Å²) in [5.74, 6) is 1.24. The molecule has 3 heterocycles. The zero-order valence-electron chi connectivity index (χ0n) is 15.9. The molecule has 2 N–H and O–H groups in total. The molecule has 4 atom stereocenters. The molecule has 2 aliphatic heterocycles. The molecular weight excluding hydrogens is 336 g/mol. The lowest BCUT2D eigenvalue weighted by Gasteiger charge is -2.27. The largest absolute Gasteiger partial charge is 0.381 e. The zero-order valence-corrected chi connectivity index (χ0v) is 15.9. The lowest BCUT2D eigenvalue weighted by atomic mass is 9.81. The summed E-state index contributed by atoms with van der Waals surface area (Å²) in [4.78, 5) is 4.83. The molecule has 5 nitrogen and oxygen atoms in total. The number of hydrogen-bond donors (Lipinski definition) is 2. The number of hydrazine groups is 1. The Kier molecular flexibility index (Phi) is 4.99. The van der Waals surface area contributed by atoms with E-state index in [1.807, 2.05) is 0 Å². The van der Waals surface area contributed by atoms with Gasteiger partial charge in [-0.15, -0.1) is 0 Å². The van der Waals surface area contributed by atoms with E-state index in [9.17, 15) is 0 Å². The molecule has 0 bridgehead atoms. The molecule has 27 heavy (non-hydrogen) atoms. The summed E-state index contributed by atoms with van der Waals surface area (Å²) in [5, 5.41) is 0. The molecule has 4 unspecified atom stereocenters. The van der Waals surface area contributed by atoms with Crippen LogP contribution in [0.3, 0.4) is 0 Å². The van der Waals surface area contributed by atoms with Crippen molar-refractivity contribution in [3.8, 4) is 11.3 Å². The fraction of sp³-hybridized carbons (Fsp3) is 0.591. The molecule has 1 aromatic carbocycles. The van der Waals surface area contributed by atoms with Crippen molar-refractivity contribution in [3.05, 3.63) is 42.4 Å². The Morgan fingerprint density at radius 3 is 2.81 bits per heavy atom. The van der Waals surface area contributed by atoms with Gasteiger partial charge in [-0.3, -0.25) is 10.9 Å².